The summed E-state index contributed by atoms with van der Waals surface area (Å²) in [6, 6.07) is 31.0. The van der Waals surface area contributed by atoms with Gasteiger partial charge in [0, 0.05) is 26.2 Å². The summed E-state index contributed by atoms with van der Waals surface area (Å²) < 4.78 is 4.22. The molecule has 0 bridgehead atoms. The molecular formula is C40H38N8O2. The first-order valence-electron chi connectivity index (χ1n) is 16.8. The molecule has 4 heterocycles. The third-order valence-electron chi connectivity index (χ3n) is 8.76. The van der Waals surface area contributed by atoms with E-state index in [4.69, 9.17) is 9.97 Å². The number of imidazole rings is 2. The fourth-order valence-electron chi connectivity index (χ4n) is 6.28. The van der Waals surface area contributed by atoms with Crippen LogP contribution in [0.4, 0.5) is 0 Å². The number of carbonyl (C=O) groups excluding carboxylic acids is 2. The lowest BCUT2D eigenvalue weighted by Gasteiger charge is -2.10. The first-order valence-corrected chi connectivity index (χ1v) is 16.8. The Morgan fingerprint density at radius 3 is 1.44 bits per heavy atom. The molecule has 0 aliphatic carbocycles. The normalized spacial score (nSPS) is 11.3. The van der Waals surface area contributed by atoms with E-state index in [2.05, 4.69) is 80.0 Å². The number of pyridine rings is 2. The van der Waals surface area contributed by atoms with E-state index in [1.165, 1.54) is 0 Å². The lowest BCUT2D eigenvalue weighted by molar-refractivity contribution is 0.0939. The van der Waals surface area contributed by atoms with Crippen molar-refractivity contribution < 1.29 is 9.59 Å². The molecule has 0 unspecified atom stereocenters. The van der Waals surface area contributed by atoms with Gasteiger partial charge < -0.3 is 19.8 Å². The second kappa shape index (κ2) is 13.8. The average molecular weight is 663 g/mol. The standard InChI is InChI=1S/C40H38N8O2/c1-5-47-35-18-16-25(3)20-33(35)45-37(47)29-12-8-14-31(43-29)39(49)41-23-27-10-7-11-28(22-27)24-42-40(50)32-15-9-13-30(44-32)38-46-34-21-26(4)17-19-36(34)48(38)6-2/h7-22H,5-6,23-24H2,1-4H3,(H,41,49)(H,42,50). The topological polar surface area (TPSA) is 120 Å². The highest BCUT2D eigenvalue weighted by molar-refractivity contribution is 5.93. The molecule has 0 saturated carbocycles. The van der Waals surface area contributed by atoms with Crippen molar-refractivity contribution >= 4 is 33.9 Å². The molecule has 0 aliphatic heterocycles. The zero-order chi connectivity index (χ0) is 34.8. The van der Waals surface area contributed by atoms with Gasteiger partial charge in [0.15, 0.2) is 11.6 Å². The van der Waals surface area contributed by atoms with Crippen LogP contribution in [0.5, 0.6) is 0 Å². The maximum atomic E-state index is 13.2. The molecule has 7 rings (SSSR count). The Morgan fingerprint density at radius 2 is 1.00 bits per heavy atom. The van der Waals surface area contributed by atoms with Crippen molar-refractivity contribution in [1.82, 2.24) is 39.7 Å². The minimum atomic E-state index is -0.279. The molecule has 0 radical (unpaired) electrons. The Labute approximate surface area is 290 Å². The van der Waals surface area contributed by atoms with Gasteiger partial charge in [-0.1, -0.05) is 48.5 Å². The molecule has 10 nitrogen and oxygen atoms in total. The summed E-state index contributed by atoms with van der Waals surface area (Å²) in [7, 11) is 0. The third kappa shape index (κ3) is 6.47. The Kier molecular flexibility index (Phi) is 8.91. The van der Waals surface area contributed by atoms with Gasteiger partial charge in [0.2, 0.25) is 0 Å². The van der Waals surface area contributed by atoms with Gasteiger partial charge in [-0.15, -0.1) is 0 Å². The van der Waals surface area contributed by atoms with Crippen LogP contribution in [0.15, 0.2) is 97.1 Å². The van der Waals surface area contributed by atoms with E-state index in [0.717, 1.165) is 69.1 Å². The summed E-state index contributed by atoms with van der Waals surface area (Å²) in [6.07, 6.45) is 0. The molecule has 10 heteroatoms. The molecule has 3 aromatic carbocycles. The van der Waals surface area contributed by atoms with E-state index < -0.39 is 0 Å². The van der Waals surface area contributed by atoms with Crippen LogP contribution in [0, 0.1) is 13.8 Å². The van der Waals surface area contributed by atoms with Crippen molar-refractivity contribution in [1.29, 1.82) is 0 Å². The van der Waals surface area contributed by atoms with Crippen LogP contribution in [0.25, 0.3) is 45.1 Å². The van der Waals surface area contributed by atoms with Crippen LogP contribution in [-0.2, 0) is 26.2 Å². The number of aromatic nitrogens is 6. The number of hydrogen-bond acceptors (Lipinski definition) is 6. The van der Waals surface area contributed by atoms with Crippen LogP contribution in [0.2, 0.25) is 0 Å². The van der Waals surface area contributed by atoms with E-state index in [9.17, 15) is 9.59 Å². The quantitative estimate of drug-likeness (QED) is 0.162. The SMILES string of the molecule is CCn1c(-c2cccc(C(=O)NCc3cccc(CNC(=O)c4cccc(-c5nc6cc(C)ccc6n5CC)n4)c3)n2)nc2cc(C)ccc21. The van der Waals surface area contributed by atoms with Gasteiger partial charge >= 0.3 is 0 Å². The van der Waals surface area contributed by atoms with E-state index in [1.807, 2.05) is 62.4 Å². The Hall–Kier alpha value is -6.16. The van der Waals surface area contributed by atoms with Crippen LogP contribution in [-0.4, -0.2) is 40.9 Å². The minimum absolute atomic E-state index is 0.279. The molecule has 0 atom stereocenters. The van der Waals surface area contributed by atoms with Crippen LogP contribution >= 0.6 is 0 Å². The van der Waals surface area contributed by atoms with Gasteiger partial charge in [-0.3, -0.25) is 9.59 Å². The third-order valence-corrected chi connectivity index (χ3v) is 8.76. The second-order valence-electron chi connectivity index (χ2n) is 12.3. The summed E-state index contributed by atoms with van der Waals surface area (Å²) in [5.41, 5.74) is 9.88. The first kappa shape index (κ1) is 32.4. The van der Waals surface area contributed by atoms with Gasteiger partial charge in [0.05, 0.1) is 22.1 Å². The number of rotatable bonds is 10. The average Bonchev–Trinajstić information content (AvgIpc) is 3.70. The monoisotopic (exact) mass is 662 g/mol. The maximum absolute atomic E-state index is 13.2. The molecule has 4 aromatic heterocycles. The Bertz CT molecular complexity index is 2230. The van der Waals surface area contributed by atoms with E-state index in [-0.39, 0.29) is 11.8 Å². The summed E-state index contributed by atoms with van der Waals surface area (Å²) in [4.78, 5) is 45.4. The molecule has 0 aliphatic rings. The predicted molar refractivity (Wildman–Crippen MR) is 196 cm³/mol. The zero-order valence-corrected chi connectivity index (χ0v) is 28.6. The molecule has 2 amide bonds. The summed E-state index contributed by atoms with van der Waals surface area (Å²) >= 11 is 0. The van der Waals surface area contributed by atoms with Crippen molar-refractivity contribution in [3.8, 4) is 23.0 Å². The van der Waals surface area contributed by atoms with Crippen molar-refractivity contribution in [2.45, 2.75) is 53.9 Å². The zero-order valence-electron chi connectivity index (χ0n) is 28.6. The number of carbonyl (C=O) groups is 2. The molecule has 0 spiro atoms. The number of aryl methyl sites for hydroxylation is 4. The smallest absolute Gasteiger partial charge is 0.270 e. The number of fused-ring (bicyclic) bond motifs is 2. The van der Waals surface area contributed by atoms with Crippen molar-refractivity contribution in [2.24, 2.45) is 0 Å². The highest BCUT2D eigenvalue weighted by atomic mass is 16.2. The number of benzene rings is 3. The number of amides is 2. The van der Waals surface area contributed by atoms with Crippen molar-refractivity contribution in [3.05, 3.63) is 131 Å². The van der Waals surface area contributed by atoms with Gasteiger partial charge in [0.25, 0.3) is 11.8 Å². The number of hydrogen-bond donors (Lipinski definition) is 2. The fraction of sp³-hybridized carbons (Fsp3) is 0.200. The van der Waals surface area contributed by atoms with Crippen LogP contribution in [0.3, 0.4) is 0 Å². The van der Waals surface area contributed by atoms with Crippen molar-refractivity contribution in [3.63, 3.8) is 0 Å². The Morgan fingerprint density at radius 1 is 0.560 bits per heavy atom. The van der Waals surface area contributed by atoms with Gasteiger partial charge in [-0.2, -0.15) is 0 Å². The van der Waals surface area contributed by atoms with Crippen molar-refractivity contribution in [2.75, 3.05) is 0 Å². The molecule has 50 heavy (non-hydrogen) atoms. The summed E-state index contributed by atoms with van der Waals surface area (Å²) in [5.74, 6) is 0.905. The number of nitrogens with zero attached hydrogens (tertiary/aromatic N) is 6. The summed E-state index contributed by atoms with van der Waals surface area (Å²) in [6.45, 7) is 10.3. The highest BCUT2D eigenvalue weighted by Gasteiger charge is 2.17. The minimum Gasteiger partial charge on any atom is -0.347 e. The summed E-state index contributed by atoms with van der Waals surface area (Å²) in [5, 5.41) is 5.97. The first-order chi connectivity index (χ1) is 24.3. The molecule has 250 valence electrons. The van der Waals surface area contributed by atoms with Gasteiger partial charge in [-0.25, -0.2) is 19.9 Å². The second-order valence-corrected chi connectivity index (χ2v) is 12.3. The predicted octanol–water partition coefficient (Wildman–Crippen LogP) is 7.03. The highest BCUT2D eigenvalue weighted by Crippen LogP contribution is 2.26. The molecule has 2 N–H and O–H groups in total. The molecule has 7 aromatic rings. The fourth-order valence-corrected chi connectivity index (χ4v) is 6.28. The number of nitrogens with one attached hydrogen (secondary N) is 2. The lowest BCUT2D eigenvalue weighted by atomic mass is 10.1. The lowest BCUT2D eigenvalue weighted by Crippen LogP contribution is -2.25. The maximum Gasteiger partial charge on any atom is 0.270 e. The van der Waals surface area contributed by atoms with Crippen LogP contribution < -0.4 is 10.6 Å². The molecular weight excluding hydrogens is 624 g/mol. The Balaban J connectivity index is 1.00. The van der Waals surface area contributed by atoms with Gasteiger partial charge in [0.1, 0.15) is 22.8 Å². The van der Waals surface area contributed by atoms with Crippen LogP contribution in [0.1, 0.15) is 57.1 Å². The van der Waals surface area contributed by atoms with E-state index >= 15 is 0 Å². The van der Waals surface area contributed by atoms with E-state index in [0.29, 0.717) is 35.9 Å². The molecule has 0 saturated heterocycles. The molecule has 0 fully saturated rings. The van der Waals surface area contributed by atoms with E-state index in [1.54, 1.807) is 12.1 Å². The largest absolute Gasteiger partial charge is 0.347 e. The van der Waals surface area contributed by atoms with Gasteiger partial charge in [-0.05, 0) is 98.5 Å².